The third-order valence-corrected chi connectivity index (χ3v) is 2.98. The molecule has 1 fully saturated rings. The molecule has 0 aromatic carbocycles. The van der Waals surface area contributed by atoms with Crippen molar-refractivity contribution in [1.29, 1.82) is 0 Å². The smallest absolute Gasteiger partial charge is 0.330 e. The van der Waals surface area contributed by atoms with Gasteiger partial charge in [0.25, 0.3) is 0 Å². The van der Waals surface area contributed by atoms with Crippen molar-refractivity contribution in [3.05, 3.63) is 0 Å². The van der Waals surface area contributed by atoms with Crippen LogP contribution in [0.4, 0.5) is 13.2 Å². The Labute approximate surface area is 76.5 Å². The maximum absolute atomic E-state index is 12.5. The zero-order valence-corrected chi connectivity index (χ0v) is 7.77. The second kappa shape index (κ2) is 3.86. The highest BCUT2D eigenvalue weighted by molar-refractivity contribution is 4.83. The van der Waals surface area contributed by atoms with Crippen LogP contribution in [0.1, 0.15) is 26.2 Å². The quantitative estimate of drug-likeness (QED) is 0.683. The Bertz CT molecular complexity index is 167. The Hall–Kier alpha value is -0.250. The van der Waals surface area contributed by atoms with Gasteiger partial charge in [-0.25, -0.2) is 0 Å². The van der Waals surface area contributed by atoms with Crippen molar-refractivity contribution in [2.45, 2.75) is 32.4 Å². The van der Waals surface area contributed by atoms with Gasteiger partial charge < -0.3 is 5.73 Å². The molecule has 0 radical (unpaired) electrons. The summed E-state index contributed by atoms with van der Waals surface area (Å²) in [5.74, 6) is -1.33. The van der Waals surface area contributed by atoms with Crippen molar-refractivity contribution in [2.75, 3.05) is 6.54 Å². The average Bonchev–Trinajstić information content (AvgIpc) is 2.03. The summed E-state index contributed by atoms with van der Waals surface area (Å²) in [7, 11) is 0. The first-order valence-electron chi connectivity index (χ1n) is 4.72. The number of hydrogen-bond donors (Lipinski definition) is 1. The van der Waals surface area contributed by atoms with Gasteiger partial charge in [-0.15, -0.1) is 0 Å². The van der Waals surface area contributed by atoms with Crippen LogP contribution in [0.15, 0.2) is 0 Å². The molecule has 0 heterocycles. The lowest BCUT2D eigenvalue weighted by molar-refractivity contribution is -0.199. The number of hydrogen-bond acceptors (Lipinski definition) is 1. The van der Waals surface area contributed by atoms with Crippen molar-refractivity contribution >= 4 is 0 Å². The van der Waals surface area contributed by atoms with E-state index in [0.717, 1.165) is 6.42 Å². The minimum Gasteiger partial charge on any atom is -0.330 e. The maximum atomic E-state index is 12.5. The molecule has 3 atom stereocenters. The van der Waals surface area contributed by atoms with Crippen molar-refractivity contribution in [2.24, 2.45) is 23.5 Å². The molecule has 1 aliphatic carbocycles. The summed E-state index contributed by atoms with van der Waals surface area (Å²) in [6.07, 6.45) is -2.29. The molecule has 1 aliphatic rings. The molecule has 4 heteroatoms. The Morgan fingerprint density at radius 1 is 1.31 bits per heavy atom. The summed E-state index contributed by atoms with van der Waals surface area (Å²) in [5, 5.41) is 0. The van der Waals surface area contributed by atoms with Gasteiger partial charge >= 0.3 is 6.18 Å². The van der Waals surface area contributed by atoms with Gasteiger partial charge in [0.2, 0.25) is 0 Å². The minimum atomic E-state index is -4.06. The van der Waals surface area contributed by atoms with Gasteiger partial charge in [-0.2, -0.15) is 13.2 Å². The van der Waals surface area contributed by atoms with Crippen LogP contribution in [0.2, 0.25) is 0 Å². The largest absolute Gasteiger partial charge is 0.392 e. The Morgan fingerprint density at radius 2 is 1.92 bits per heavy atom. The van der Waals surface area contributed by atoms with Gasteiger partial charge in [-0.3, -0.25) is 0 Å². The number of rotatable bonds is 1. The van der Waals surface area contributed by atoms with Crippen molar-refractivity contribution < 1.29 is 13.2 Å². The zero-order chi connectivity index (χ0) is 10.1. The van der Waals surface area contributed by atoms with Gasteiger partial charge in [0.15, 0.2) is 0 Å². The zero-order valence-electron chi connectivity index (χ0n) is 7.77. The standard InChI is InChI=1S/C9H16F3N/c1-6-2-3-7(5-13)8(4-6)9(10,11)12/h6-8H,2-5,13H2,1H3/t6-,7?,8?/m1/s1. The molecule has 78 valence electrons. The van der Waals surface area contributed by atoms with E-state index < -0.39 is 12.1 Å². The molecule has 0 aromatic rings. The van der Waals surface area contributed by atoms with Crippen LogP contribution in [-0.2, 0) is 0 Å². The second-order valence-electron chi connectivity index (χ2n) is 4.06. The molecule has 0 saturated heterocycles. The summed E-state index contributed by atoms with van der Waals surface area (Å²) in [5.41, 5.74) is 5.34. The Balaban J connectivity index is 2.65. The summed E-state index contributed by atoms with van der Waals surface area (Å²) in [6.45, 7) is 2.04. The van der Waals surface area contributed by atoms with E-state index in [1.54, 1.807) is 0 Å². The van der Waals surface area contributed by atoms with Crippen LogP contribution in [0.25, 0.3) is 0 Å². The molecular weight excluding hydrogens is 179 g/mol. The highest BCUT2D eigenvalue weighted by Crippen LogP contribution is 2.42. The predicted molar refractivity (Wildman–Crippen MR) is 45.1 cm³/mol. The highest BCUT2D eigenvalue weighted by atomic mass is 19.4. The van der Waals surface area contributed by atoms with E-state index in [-0.39, 0.29) is 24.8 Å². The first-order valence-corrected chi connectivity index (χ1v) is 4.72. The molecule has 1 saturated carbocycles. The molecule has 13 heavy (non-hydrogen) atoms. The average molecular weight is 195 g/mol. The van der Waals surface area contributed by atoms with Crippen LogP contribution in [0.5, 0.6) is 0 Å². The van der Waals surface area contributed by atoms with E-state index in [4.69, 9.17) is 5.73 Å². The summed E-state index contributed by atoms with van der Waals surface area (Å²) >= 11 is 0. The van der Waals surface area contributed by atoms with Gasteiger partial charge in [-0.1, -0.05) is 13.3 Å². The number of nitrogens with two attached hydrogens (primary N) is 1. The molecule has 0 spiro atoms. The lowest BCUT2D eigenvalue weighted by Gasteiger charge is -2.35. The van der Waals surface area contributed by atoms with Gasteiger partial charge in [0.05, 0.1) is 5.92 Å². The predicted octanol–water partition coefficient (Wildman–Crippen LogP) is 2.56. The van der Waals surface area contributed by atoms with Crippen LogP contribution < -0.4 is 5.73 Å². The van der Waals surface area contributed by atoms with Gasteiger partial charge in [-0.05, 0) is 31.2 Å². The fraction of sp³-hybridized carbons (Fsp3) is 1.00. The van der Waals surface area contributed by atoms with Crippen molar-refractivity contribution in [3.63, 3.8) is 0 Å². The van der Waals surface area contributed by atoms with Crippen LogP contribution >= 0.6 is 0 Å². The topological polar surface area (TPSA) is 26.0 Å². The summed E-state index contributed by atoms with van der Waals surface area (Å²) in [6, 6.07) is 0. The van der Waals surface area contributed by atoms with E-state index in [9.17, 15) is 13.2 Å². The molecule has 0 aromatic heterocycles. The van der Waals surface area contributed by atoms with Crippen molar-refractivity contribution in [1.82, 2.24) is 0 Å². The van der Waals surface area contributed by atoms with Crippen LogP contribution in [-0.4, -0.2) is 12.7 Å². The lowest BCUT2D eigenvalue weighted by Crippen LogP contribution is -2.38. The molecule has 2 N–H and O–H groups in total. The van der Waals surface area contributed by atoms with Crippen LogP contribution in [0.3, 0.4) is 0 Å². The Morgan fingerprint density at radius 3 is 2.38 bits per heavy atom. The molecular formula is C9H16F3N. The second-order valence-corrected chi connectivity index (χ2v) is 4.06. The third kappa shape index (κ3) is 2.59. The van der Waals surface area contributed by atoms with E-state index in [1.165, 1.54) is 0 Å². The minimum absolute atomic E-state index is 0.164. The number of halogens is 3. The van der Waals surface area contributed by atoms with Crippen molar-refractivity contribution in [3.8, 4) is 0 Å². The maximum Gasteiger partial charge on any atom is 0.392 e. The highest BCUT2D eigenvalue weighted by Gasteiger charge is 2.46. The van der Waals surface area contributed by atoms with Gasteiger partial charge in [0.1, 0.15) is 0 Å². The SMILES string of the molecule is C[C@@H]1CCC(CN)C(C(F)(F)F)C1. The first kappa shape index (κ1) is 10.8. The van der Waals surface area contributed by atoms with Crippen LogP contribution in [0, 0.1) is 17.8 Å². The fourth-order valence-electron chi connectivity index (χ4n) is 2.13. The molecule has 0 bridgehead atoms. The third-order valence-electron chi connectivity index (χ3n) is 2.98. The first-order chi connectivity index (χ1) is 5.95. The lowest BCUT2D eigenvalue weighted by atomic mass is 9.74. The van der Waals surface area contributed by atoms with E-state index in [1.807, 2.05) is 6.92 Å². The number of alkyl halides is 3. The Kier molecular flexibility index (Phi) is 3.22. The monoisotopic (exact) mass is 195 g/mol. The summed E-state index contributed by atoms with van der Waals surface area (Å²) in [4.78, 5) is 0. The molecule has 1 rings (SSSR count). The molecule has 1 nitrogen and oxygen atoms in total. The molecule has 0 amide bonds. The normalized spacial score (nSPS) is 36.2. The fourth-order valence-corrected chi connectivity index (χ4v) is 2.13. The van der Waals surface area contributed by atoms with E-state index in [2.05, 4.69) is 0 Å². The summed E-state index contributed by atoms with van der Waals surface area (Å²) < 4.78 is 37.5. The molecule has 0 aliphatic heterocycles. The van der Waals surface area contributed by atoms with E-state index >= 15 is 0 Å². The molecule has 2 unspecified atom stereocenters. The van der Waals surface area contributed by atoms with E-state index in [0.29, 0.717) is 6.42 Å². The van der Waals surface area contributed by atoms with Gasteiger partial charge in [0, 0.05) is 0 Å².